The Hall–Kier alpha value is -3.16. The van der Waals surface area contributed by atoms with Crippen LogP contribution in [0, 0.1) is 0 Å². The largest absolute Gasteiger partial charge is 0.494 e. The molecule has 6 nitrogen and oxygen atoms in total. The van der Waals surface area contributed by atoms with E-state index < -0.39 is 0 Å². The number of hydrogen-bond donors (Lipinski definition) is 0. The van der Waals surface area contributed by atoms with Crippen molar-refractivity contribution in [2.24, 2.45) is 0 Å². The van der Waals surface area contributed by atoms with E-state index in [-0.39, 0.29) is 5.97 Å². The first-order valence-electron chi connectivity index (χ1n) is 13.9. The van der Waals surface area contributed by atoms with Gasteiger partial charge in [0.25, 0.3) is 0 Å². The van der Waals surface area contributed by atoms with Gasteiger partial charge in [-0.15, -0.1) is 11.3 Å². The van der Waals surface area contributed by atoms with Gasteiger partial charge in [0.2, 0.25) is 5.88 Å². The van der Waals surface area contributed by atoms with Gasteiger partial charge in [0.15, 0.2) is 0 Å². The van der Waals surface area contributed by atoms with Crippen molar-refractivity contribution in [2.45, 2.75) is 45.4 Å². The van der Waals surface area contributed by atoms with E-state index in [0.29, 0.717) is 18.9 Å². The number of nitrogens with zero attached hydrogens (tertiary/aromatic N) is 3. The van der Waals surface area contributed by atoms with E-state index in [1.807, 2.05) is 35.6 Å². The van der Waals surface area contributed by atoms with Crippen LogP contribution in [0.25, 0.3) is 21.0 Å². The van der Waals surface area contributed by atoms with Crippen molar-refractivity contribution in [3.05, 3.63) is 60.0 Å². The van der Waals surface area contributed by atoms with Crippen LogP contribution >= 0.6 is 11.3 Å². The molecule has 0 spiro atoms. The van der Waals surface area contributed by atoms with Crippen LogP contribution in [0.1, 0.15) is 45.4 Å². The molecule has 0 unspecified atom stereocenters. The fraction of sp³-hybridized carbons (Fsp3) is 0.419. The van der Waals surface area contributed by atoms with E-state index in [2.05, 4.69) is 51.4 Å². The zero-order valence-corrected chi connectivity index (χ0v) is 23.0. The average molecular weight is 532 g/mol. The fourth-order valence-corrected chi connectivity index (χ4v) is 5.81. The summed E-state index contributed by atoms with van der Waals surface area (Å²) in [6.07, 6.45) is 5.51. The van der Waals surface area contributed by atoms with E-state index in [1.165, 1.54) is 15.8 Å². The Bertz CT molecular complexity index is 1350. The van der Waals surface area contributed by atoms with Crippen molar-refractivity contribution >= 4 is 44.0 Å². The lowest BCUT2D eigenvalue weighted by Crippen LogP contribution is -2.46. The summed E-state index contributed by atoms with van der Waals surface area (Å²) in [6, 6.07) is 18.5. The Balaban J connectivity index is 1.03. The van der Waals surface area contributed by atoms with Crippen LogP contribution in [0.2, 0.25) is 0 Å². The fourth-order valence-electron chi connectivity index (χ4n) is 5.01. The lowest BCUT2D eigenvalue weighted by Gasteiger charge is -2.36. The molecule has 1 aliphatic rings. The number of pyridine rings is 1. The molecule has 0 N–H and O–H groups in total. The summed E-state index contributed by atoms with van der Waals surface area (Å²) in [7, 11) is 0. The maximum atomic E-state index is 12.0. The average Bonchev–Trinajstić information content (AvgIpc) is 3.42. The zero-order valence-electron chi connectivity index (χ0n) is 22.2. The topological polar surface area (TPSA) is 54.9 Å². The molecule has 1 fully saturated rings. The van der Waals surface area contributed by atoms with Crippen LogP contribution in [0.5, 0.6) is 11.6 Å². The first-order chi connectivity index (χ1) is 18.7. The summed E-state index contributed by atoms with van der Waals surface area (Å²) in [5, 5.41) is 4.56. The number of ether oxygens (including phenoxy) is 2. The van der Waals surface area contributed by atoms with Gasteiger partial charge in [-0.1, -0.05) is 25.8 Å². The quantitative estimate of drug-likeness (QED) is 0.146. The minimum absolute atomic E-state index is 0.223. The monoisotopic (exact) mass is 531 g/mol. The van der Waals surface area contributed by atoms with Crippen molar-refractivity contribution in [2.75, 3.05) is 44.2 Å². The highest BCUT2D eigenvalue weighted by Crippen LogP contribution is 2.31. The first kappa shape index (κ1) is 26.4. The van der Waals surface area contributed by atoms with Gasteiger partial charge in [-0.2, -0.15) is 0 Å². The molecule has 2 aromatic heterocycles. The standard InChI is InChI=1S/C31H37N3O3S/c1-2-3-4-10-31(35)37-30-14-12-24-11-13-25(23-27(24)32-30)36-21-6-5-16-33-17-19-34(20-18-33)28-8-7-9-29-26(28)15-22-38-29/h7-9,11-15,22-23H,2-6,10,16-21H2,1H3. The molecule has 4 aromatic rings. The number of esters is 1. The van der Waals surface area contributed by atoms with Crippen molar-refractivity contribution in [3.8, 4) is 11.6 Å². The lowest BCUT2D eigenvalue weighted by atomic mass is 10.2. The van der Waals surface area contributed by atoms with Crippen molar-refractivity contribution in [1.29, 1.82) is 0 Å². The summed E-state index contributed by atoms with van der Waals surface area (Å²) in [6.45, 7) is 8.25. The Morgan fingerprint density at radius 3 is 2.71 bits per heavy atom. The normalized spacial score (nSPS) is 14.3. The number of unbranched alkanes of at least 4 members (excludes halogenated alkanes) is 3. The summed E-state index contributed by atoms with van der Waals surface area (Å²) in [5.74, 6) is 0.926. The number of thiophene rings is 1. The van der Waals surface area contributed by atoms with Crippen LogP contribution in [0.15, 0.2) is 60.0 Å². The molecule has 7 heteroatoms. The van der Waals surface area contributed by atoms with Crippen LogP contribution < -0.4 is 14.4 Å². The molecular formula is C31H37N3O3S. The Morgan fingerprint density at radius 2 is 1.84 bits per heavy atom. The predicted octanol–water partition coefficient (Wildman–Crippen LogP) is 6.92. The Labute approximate surface area is 229 Å². The molecule has 0 bridgehead atoms. The summed E-state index contributed by atoms with van der Waals surface area (Å²) >= 11 is 1.82. The summed E-state index contributed by atoms with van der Waals surface area (Å²) in [4.78, 5) is 21.6. The van der Waals surface area contributed by atoms with Gasteiger partial charge < -0.3 is 14.4 Å². The van der Waals surface area contributed by atoms with E-state index in [4.69, 9.17) is 9.47 Å². The van der Waals surface area contributed by atoms with Gasteiger partial charge in [-0.05, 0) is 67.6 Å². The van der Waals surface area contributed by atoms with Crippen molar-refractivity contribution in [1.82, 2.24) is 9.88 Å². The molecule has 200 valence electrons. The number of carbonyl (C=O) groups is 1. The molecule has 0 radical (unpaired) electrons. The minimum atomic E-state index is -0.223. The third-order valence-corrected chi connectivity index (χ3v) is 8.05. The third kappa shape index (κ3) is 6.83. The smallest absolute Gasteiger partial charge is 0.312 e. The van der Waals surface area contributed by atoms with Crippen LogP contribution in [0.4, 0.5) is 5.69 Å². The molecule has 3 heterocycles. The molecule has 0 aliphatic carbocycles. The molecule has 2 aromatic carbocycles. The number of piperazine rings is 1. The number of aromatic nitrogens is 1. The molecule has 0 atom stereocenters. The molecule has 1 aliphatic heterocycles. The maximum Gasteiger partial charge on any atom is 0.312 e. The van der Waals surface area contributed by atoms with Crippen LogP contribution in [0.3, 0.4) is 0 Å². The van der Waals surface area contributed by atoms with Gasteiger partial charge in [-0.3, -0.25) is 9.69 Å². The Morgan fingerprint density at radius 1 is 0.974 bits per heavy atom. The minimum Gasteiger partial charge on any atom is -0.494 e. The highest BCUT2D eigenvalue weighted by atomic mass is 32.1. The number of carbonyl (C=O) groups excluding carboxylic acids is 1. The molecule has 1 saturated heterocycles. The zero-order chi connectivity index (χ0) is 26.2. The van der Waals surface area contributed by atoms with Crippen LogP contribution in [-0.2, 0) is 4.79 Å². The van der Waals surface area contributed by atoms with Gasteiger partial charge in [0.05, 0.1) is 12.1 Å². The molecule has 0 saturated carbocycles. The van der Waals surface area contributed by atoms with Gasteiger partial charge in [-0.25, -0.2) is 4.98 Å². The van der Waals surface area contributed by atoms with E-state index in [1.54, 1.807) is 6.07 Å². The Kier molecular flexibility index (Phi) is 9.10. The second-order valence-electron chi connectivity index (χ2n) is 9.93. The molecular weight excluding hydrogens is 494 g/mol. The van der Waals surface area contributed by atoms with E-state index in [9.17, 15) is 4.79 Å². The van der Waals surface area contributed by atoms with E-state index >= 15 is 0 Å². The second-order valence-corrected chi connectivity index (χ2v) is 10.9. The molecule has 38 heavy (non-hydrogen) atoms. The number of fused-ring (bicyclic) bond motifs is 2. The van der Waals surface area contributed by atoms with Crippen LogP contribution in [-0.4, -0.2) is 55.2 Å². The number of benzene rings is 2. The van der Waals surface area contributed by atoms with Gasteiger partial charge >= 0.3 is 5.97 Å². The molecule has 5 rings (SSSR count). The number of rotatable bonds is 12. The van der Waals surface area contributed by atoms with E-state index in [0.717, 1.165) is 81.5 Å². The van der Waals surface area contributed by atoms with Gasteiger partial charge in [0, 0.05) is 65.9 Å². The van der Waals surface area contributed by atoms with Crippen molar-refractivity contribution < 1.29 is 14.3 Å². The number of hydrogen-bond acceptors (Lipinski definition) is 7. The third-order valence-electron chi connectivity index (χ3n) is 7.16. The second kappa shape index (κ2) is 13.1. The predicted molar refractivity (Wildman–Crippen MR) is 157 cm³/mol. The summed E-state index contributed by atoms with van der Waals surface area (Å²) in [5.41, 5.74) is 2.15. The highest BCUT2D eigenvalue weighted by Gasteiger charge is 2.18. The first-order valence-corrected chi connectivity index (χ1v) is 14.8. The lowest BCUT2D eigenvalue weighted by molar-refractivity contribution is -0.134. The SMILES string of the molecule is CCCCCC(=O)Oc1ccc2ccc(OCCCCN3CCN(c4cccc5sccc45)CC3)cc2n1. The van der Waals surface area contributed by atoms with Gasteiger partial charge in [0.1, 0.15) is 5.75 Å². The highest BCUT2D eigenvalue weighted by molar-refractivity contribution is 7.17. The summed E-state index contributed by atoms with van der Waals surface area (Å²) < 4.78 is 12.8. The molecule has 0 amide bonds. The maximum absolute atomic E-state index is 12.0. The number of anilines is 1. The van der Waals surface area contributed by atoms with Crippen molar-refractivity contribution in [3.63, 3.8) is 0 Å².